The quantitative estimate of drug-likeness (QED) is 0.126. The van der Waals surface area contributed by atoms with Crippen LogP contribution in [0.2, 0.25) is 0 Å². The largest absolute Gasteiger partial charge is 0.457 e. The molecule has 3 heterocycles. The van der Waals surface area contributed by atoms with Gasteiger partial charge >= 0.3 is 11.9 Å². The first-order chi connectivity index (χ1) is 16.6. The lowest BCUT2D eigenvalue weighted by molar-refractivity contribution is -0.155. The Morgan fingerprint density at radius 2 is 2.09 bits per heavy atom. The van der Waals surface area contributed by atoms with Gasteiger partial charge in [-0.2, -0.15) is 0 Å². The van der Waals surface area contributed by atoms with E-state index in [1.807, 2.05) is 0 Å². The van der Waals surface area contributed by atoms with Gasteiger partial charge in [0.05, 0.1) is 6.10 Å². The summed E-state index contributed by atoms with van der Waals surface area (Å²) in [6.45, 7) is 6.56. The molecule has 0 spiro atoms. The molecular formula is C21H25N5O7S2. The number of nitrogens with zero attached hydrogens (tertiary/aromatic N) is 3. The fourth-order valence-electron chi connectivity index (χ4n) is 3.30. The van der Waals surface area contributed by atoms with Gasteiger partial charge in [-0.05, 0) is 39.3 Å². The Morgan fingerprint density at radius 3 is 2.66 bits per heavy atom. The number of carbonyl (C=O) groups excluding carboxylic acids is 4. The molecule has 2 amide bonds. The van der Waals surface area contributed by atoms with E-state index in [-0.39, 0.29) is 28.0 Å². The number of carbonyl (C=O) groups is 4. The Hall–Kier alpha value is -3.39. The van der Waals surface area contributed by atoms with Gasteiger partial charge < -0.3 is 25.4 Å². The molecule has 0 aromatic carbocycles. The van der Waals surface area contributed by atoms with Crippen LogP contribution >= 0.6 is 23.1 Å². The van der Waals surface area contributed by atoms with Gasteiger partial charge in [0.1, 0.15) is 29.9 Å². The normalized spacial score (nSPS) is 20.3. The van der Waals surface area contributed by atoms with Gasteiger partial charge in [0.15, 0.2) is 10.8 Å². The van der Waals surface area contributed by atoms with Crippen molar-refractivity contribution < 1.29 is 33.5 Å². The summed E-state index contributed by atoms with van der Waals surface area (Å²) in [7, 11) is 1.28. The van der Waals surface area contributed by atoms with E-state index in [1.165, 1.54) is 36.8 Å². The number of fused-ring (bicyclic) bond motifs is 1. The zero-order chi connectivity index (χ0) is 25.9. The molecule has 0 aliphatic carbocycles. The van der Waals surface area contributed by atoms with Crippen molar-refractivity contribution in [1.29, 1.82) is 0 Å². The van der Waals surface area contributed by atoms with Crippen LogP contribution in [-0.4, -0.2) is 69.7 Å². The number of hydrogen-bond donors (Lipinski definition) is 2. The van der Waals surface area contributed by atoms with E-state index in [1.54, 1.807) is 26.2 Å². The third-order valence-electron chi connectivity index (χ3n) is 4.81. The van der Waals surface area contributed by atoms with Gasteiger partial charge in [-0.25, -0.2) is 14.6 Å². The summed E-state index contributed by atoms with van der Waals surface area (Å²) < 4.78 is 10.3. The van der Waals surface area contributed by atoms with E-state index in [2.05, 4.69) is 15.5 Å². The molecule has 0 bridgehead atoms. The highest BCUT2D eigenvalue weighted by molar-refractivity contribution is 8.00. The van der Waals surface area contributed by atoms with Crippen LogP contribution in [-0.2, 0) is 33.5 Å². The second-order valence-corrected chi connectivity index (χ2v) is 9.67. The van der Waals surface area contributed by atoms with Crippen LogP contribution in [0.25, 0.3) is 0 Å². The van der Waals surface area contributed by atoms with Crippen LogP contribution in [0.5, 0.6) is 0 Å². The SMILES string of the molecule is C/C=C(\OC(=O)C1=C(C)CS[C@@H]2[C@H](NC(=O)/C(=N\OC)c3csc(N)n3)C(=O)N12)C(=O)OC(C)C. The molecule has 2 atom stereocenters. The van der Waals surface area contributed by atoms with Gasteiger partial charge in [0.25, 0.3) is 11.8 Å². The van der Waals surface area contributed by atoms with Crippen LogP contribution < -0.4 is 11.1 Å². The lowest BCUT2D eigenvalue weighted by Crippen LogP contribution is -2.71. The zero-order valence-electron chi connectivity index (χ0n) is 19.7. The number of anilines is 1. The molecule has 1 aromatic heterocycles. The average Bonchev–Trinajstić information content (AvgIpc) is 3.23. The molecule has 0 unspecified atom stereocenters. The molecule has 3 N–H and O–H groups in total. The Bertz CT molecular complexity index is 1140. The molecule has 2 aliphatic heterocycles. The second kappa shape index (κ2) is 10.9. The van der Waals surface area contributed by atoms with Crippen molar-refractivity contribution in [2.45, 2.75) is 45.2 Å². The lowest BCUT2D eigenvalue weighted by atomic mass is 10.0. The number of ether oxygens (including phenoxy) is 2. The number of esters is 2. The number of β-lactam (4-membered cyclic amide) rings is 1. The molecule has 0 saturated carbocycles. The first kappa shape index (κ1) is 26.2. The van der Waals surface area contributed by atoms with Crippen molar-refractivity contribution in [3.8, 4) is 0 Å². The van der Waals surface area contributed by atoms with Crippen LogP contribution in [0.4, 0.5) is 5.13 Å². The van der Waals surface area contributed by atoms with Crippen LogP contribution in [0.3, 0.4) is 0 Å². The second-order valence-electron chi connectivity index (χ2n) is 7.68. The zero-order valence-corrected chi connectivity index (χ0v) is 21.3. The van der Waals surface area contributed by atoms with E-state index in [0.29, 0.717) is 11.3 Å². The highest BCUT2D eigenvalue weighted by atomic mass is 32.2. The first-order valence-electron chi connectivity index (χ1n) is 10.5. The van der Waals surface area contributed by atoms with Crippen LogP contribution in [0.1, 0.15) is 33.4 Å². The lowest BCUT2D eigenvalue weighted by Gasteiger charge is -2.49. The molecule has 188 valence electrons. The number of allylic oxidation sites excluding steroid dienone is 1. The molecule has 14 heteroatoms. The van der Waals surface area contributed by atoms with E-state index >= 15 is 0 Å². The van der Waals surface area contributed by atoms with Crippen molar-refractivity contribution >= 4 is 57.7 Å². The van der Waals surface area contributed by atoms with Crippen molar-refractivity contribution in [2.75, 3.05) is 18.6 Å². The number of thiazole rings is 1. The number of oxime groups is 1. The highest BCUT2D eigenvalue weighted by Crippen LogP contribution is 2.40. The summed E-state index contributed by atoms with van der Waals surface area (Å²) >= 11 is 2.50. The predicted molar refractivity (Wildman–Crippen MR) is 129 cm³/mol. The number of thioether (sulfide) groups is 1. The highest BCUT2D eigenvalue weighted by Gasteiger charge is 2.54. The van der Waals surface area contributed by atoms with Gasteiger partial charge in [-0.1, -0.05) is 5.16 Å². The fourth-order valence-corrected chi connectivity index (χ4v) is 5.14. The smallest absolute Gasteiger partial charge is 0.374 e. The summed E-state index contributed by atoms with van der Waals surface area (Å²) in [5.41, 5.74) is 6.33. The number of nitrogen functional groups attached to an aromatic ring is 1. The Balaban J connectivity index is 1.74. The maximum atomic E-state index is 13.0. The minimum atomic E-state index is -0.923. The molecule has 12 nitrogen and oxygen atoms in total. The summed E-state index contributed by atoms with van der Waals surface area (Å²) in [6.07, 6.45) is 0.914. The van der Waals surface area contributed by atoms with Gasteiger partial charge in [-0.15, -0.1) is 23.1 Å². The average molecular weight is 524 g/mol. The number of amides is 2. The molecule has 1 fully saturated rings. The van der Waals surface area contributed by atoms with Crippen molar-refractivity contribution in [2.24, 2.45) is 5.16 Å². The standard InChI is InChI=1S/C21H25N5O7S2/c1-6-12(19(29)32-9(2)3)33-20(30)15-10(4)7-34-18-14(17(28)26(15)18)24-16(27)13(25-31-5)11-8-35-21(22)23-11/h6,8-9,14,18H,7H2,1-5H3,(H2,22,23)(H,24,27)/b12-6-,25-13-/t14-,18-/m1/s1. The number of nitrogens with two attached hydrogens (primary N) is 1. The van der Waals surface area contributed by atoms with Crippen molar-refractivity contribution in [3.63, 3.8) is 0 Å². The van der Waals surface area contributed by atoms with Gasteiger partial charge in [0.2, 0.25) is 5.76 Å². The monoisotopic (exact) mass is 523 g/mol. The van der Waals surface area contributed by atoms with Gasteiger partial charge in [-0.3, -0.25) is 14.5 Å². The van der Waals surface area contributed by atoms with Gasteiger partial charge in [0, 0.05) is 11.1 Å². The topological polar surface area (TPSA) is 163 Å². The van der Waals surface area contributed by atoms with E-state index in [9.17, 15) is 19.2 Å². The molecule has 0 radical (unpaired) electrons. The third kappa shape index (κ3) is 5.48. The van der Waals surface area contributed by atoms with Crippen LogP contribution in [0, 0.1) is 0 Å². The number of hydrogen-bond acceptors (Lipinski definition) is 12. The molecular weight excluding hydrogens is 498 g/mol. The third-order valence-corrected chi connectivity index (χ3v) is 6.91. The Morgan fingerprint density at radius 1 is 1.37 bits per heavy atom. The van der Waals surface area contributed by atoms with Crippen molar-refractivity contribution in [1.82, 2.24) is 15.2 Å². The predicted octanol–water partition coefficient (Wildman–Crippen LogP) is 1.15. The van der Waals surface area contributed by atoms with Crippen LogP contribution in [0.15, 0.2) is 33.6 Å². The molecule has 35 heavy (non-hydrogen) atoms. The molecule has 2 aliphatic rings. The van der Waals surface area contributed by atoms with Crippen molar-refractivity contribution in [3.05, 3.63) is 34.2 Å². The maximum Gasteiger partial charge on any atom is 0.374 e. The van der Waals surface area contributed by atoms with E-state index in [4.69, 9.17) is 20.0 Å². The summed E-state index contributed by atoms with van der Waals surface area (Å²) in [5.74, 6) is -2.71. The summed E-state index contributed by atoms with van der Waals surface area (Å²) in [5, 5.41) is 7.56. The Kier molecular flexibility index (Phi) is 8.17. The molecule has 3 rings (SSSR count). The number of nitrogens with one attached hydrogen (secondary N) is 1. The number of aromatic nitrogens is 1. The molecule has 1 aromatic rings. The minimum absolute atomic E-state index is 0.0269. The first-order valence-corrected chi connectivity index (χ1v) is 12.4. The Labute approximate surface area is 209 Å². The minimum Gasteiger partial charge on any atom is -0.457 e. The summed E-state index contributed by atoms with van der Waals surface area (Å²) in [4.78, 5) is 61.0. The number of rotatable bonds is 8. The fraction of sp³-hybridized carbons (Fsp3) is 0.429. The van der Waals surface area contributed by atoms with E-state index < -0.39 is 41.3 Å². The summed E-state index contributed by atoms with van der Waals surface area (Å²) in [6, 6.07) is -0.923. The molecule has 1 saturated heterocycles. The van der Waals surface area contributed by atoms with E-state index in [0.717, 1.165) is 11.3 Å². The maximum absolute atomic E-state index is 13.0.